The highest BCUT2D eigenvalue weighted by Crippen LogP contribution is 2.45. The standard InChI is InChI=1S/C15H31NOS/c1-5-15(3)13(12-14(15)17-6-2)16-10-8-7-9-11-18-4/h13-14,16H,5-12H2,1-4H3. The van der Waals surface area contributed by atoms with Gasteiger partial charge in [-0.05, 0) is 51.2 Å². The van der Waals surface area contributed by atoms with Gasteiger partial charge in [-0.15, -0.1) is 0 Å². The summed E-state index contributed by atoms with van der Waals surface area (Å²) in [6.45, 7) is 8.79. The molecule has 0 radical (unpaired) electrons. The van der Waals surface area contributed by atoms with Gasteiger partial charge in [0.15, 0.2) is 0 Å². The Hall–Kier alpha value is 0.270. The lowest BCUT2D eigenvalue weighted by Crippen LogP contribution is -2.62. The van der Waals surface area contributed by atoms with Crippen LogP contribution >= 0.6 is 11.8 Å². The van der Waals surface area contributed by atoms with Crippen molar-refractivity contribution in [1.82, 2.24) is 5.32 Å². The fraction of sp³-hybridized carbons (Fsp3) is 1.00. The van der Waals surface area contributed by atoms with Crippen LogP contribution in [0.3, 0.4) is 0 Å². The van der Waals surface area contributed by atoms with Crippen molar-refractivity contribution >= 4 is 11.8 Å². The first kappa shape index (κ1) is 16.3. The van der Waals surface area contributed by atoms with E-state index in [4.69, 9.17) is 4.74 Å². The number of hydrogen-bond donors (Lipinski definition) is 1. The van der Waals surface area contributed by atoms with Crippen LogP contribution in [-0.4, -0.2) is 37.3 Å². The predicted octanol–water partition coefficient (Wildman–Crippen LogP) is 3.70. The van der Waals surface area contributed by atoms with E-state index in [1.54, 1.807) is 0 Å². The molecule has 18 heavy (non-hydrogen) atoms. The van der Waals surface area contributed by atoms with Crippen molar-refractivity contribution in [2.24, 2.45) is 5.41 Å². The molecule has 1 aliphatic carbocycles. The van der Waals surface area contributed by atoms with Crippen molar-refractivity contribution in [2.75, 3.05) is 25.2 Å². The van der Waals surface area contributed by atoms with Crippen LogP contribution in [0.15, 0.2) is 0 Å². The molecule has 1 N–H and O–H groups in total. The Morgan fingerprint density at radius 3 is 2.67 bits per heavy atom. The van der Waals surface area contributed by atoms with Crippen LogP contribution in [0.1, 0.15) is 52.9 Å². The van der Waals surface area contributed by atoms with Crippen LogP contribution in [0.2, 0.25) is 0 Å². The normalized spacial score (nSPS) is 31.3. The molecule has 0 bridgehead atoms. The molecule has 0 aromatic rings. The zero-order chi connectivity index (χ0) is 13.4. The topological polar surface area (TPSA) is 21.3 Å². The van der Waals surface area contributed by atoms with Crippen LogP contribution in [0, 0.1) is 5.41 Å². The van der Waals surface area contributed by atoms with Crippen molar-refractivity contribution in [3.8, 4) is 0 Å². The largest absolute Gasteiger partial charge is 0.378 e. The van der Waals surface area contributed by atoms with Gasteiger partial charge in [0.05, 0.1) is 6.10 Å². The zero-order valence-corrected chi connectivity index (χ0v) is 13.4. The van der Waals surface area contributed by atoms with Gasteiger partial charge in [-0.3, -0.25) is 0 Å². The molecule has 1 aliphatic rings. The van der Waals surface area contributed by atoms with Crippen LogP contribution in [0.5, 0.6) is 0 Å². The molecular weight excluding hydrogens is 242 g/mol. The van der Waals surface area contributed by atoms with E-state index in [-0.39, 0.29) is 0 Å². The second-order valence-corrected chi connectivity index (χ2v) is 6.58. The van der Waals surface area contributed by atoms with Crippen molar-refractivity contribution in [3.05, 3.63) is 0 Å². The number of thioether (sulfide) groups is 1. The first-order chi connectivity index (χ1) is 8.69. The number of hydrogen-bond acceptors (Lipinski definition) is 3. The number of ether oxygens (including phenoxy) is 1. The van der Waals surface area contributed by atoms with Crippen LogP contribution in [-0.2, 0) is 4.74 Å². The lowest BCUT2D eigenvalue weighted by atomic mass is 9.61. The minimum absolute atomic E-state index is 0.356. The second kappa shape index (κ2) is 8.44. The lowest BCUT2D eigenvalue weighted by molar-refractivity contribution is -0.125. The highest BCUT2D eigenvalue weighted by Gasteiger charge is 2.50. The molecule has 0 aromatic carbocycles. The van der Waals surface area contributed by atoms with Crippen molar-refractivity contribution < 1.29 is 4.74 Å². The Morgan fingerprint density at radius 2 is 2.06 bits per heavy atom. The van der Waals surface area contributed by atoms with Crippen LogP contribution in [0.25, 0.3) is 0 Å². The Kier molecular flexibility index (Phi) is 7.66. The van der Waals surface area contributed by atoms with Gasteiger partial charge >= 0.3 is 0 Å². The van der Waals surface area contributed by atoms with Gasteiger partial charge in [0.1, 0.15) is 0 Å². The minimum atomic E-state index is 0.356. The summed E-state index contributed by atoms with van der Waals surface area (Å²) >= 11 is 1.95. The van der Waals surface area contributed by atoms with Gasteiger partial charge in [-0.2, -0.15) is 11.8 Å². The Labute approximate surface area is 118 Å². The molecule has 3 atom stereocenters. The second-order valence-electron chi connectivity index (χ2n) is 5.60. The maximum atomic E-state index is 5.83. The van der Waals surface area contributed by atoms with E-state index < -0.39 is 0 Å². The first-order valence-corrected chi connectivity index (χ1v) is 8.92. The minimum Gasteiger partial charge on any atom is -0.378 e. The first-order valence-electron chi connectivity index (χ1n) is 7.53. The van der Waals surface area contributed by atoms with E-state index >= 15 is 0 Å². The number of rotatable bonds is 10. The maximum Gasteiger partial charge on any atom is 0.0658 e. The number of unbranched alkanes of at least 4 members (excludes halogenated alkanes) is 2. The summed E-state index contributed by atoms with van der Waals surface area (Å²) in [7, 11) is 0. The van der Waals surface area contributed by atoms with Gasteiger partial charge in [-0.1, -0.05) is 20.3 Å². The van der Waals surface area contributed by atoms with Crippen LogP contribution in [0.4, 0.5) is 0 Å². The molecule has 0 amide bonds. The molecule has 0 aliphatic heterocycles. The molecule has 2 nitrogen and oxygen atoms in total. The smallest absolute Gasteiger partial charge is 0.0658 e. The monoisotopic (exact) mass is 273 g/mol. The molecule has 108 valence electrons. The van der Waals surface area contributed by atoms with Crippen LogP contribution < -0.4 is 5.32 Å². The van der Waals surface area contributed by atoms with Crippen molar-refractivity contribution in [1.29, 1.82) is 0 Å². The van der Waals surface area contributed by atoms with E-state index in [9.17, 15) is 0 Å². The molecule has 1 rings (SSSR count). The van der Waals surface area contributed by atoms with E-state index in [1.165, 1.54) is 44.4 Å². The van der Waals surface area contributed by atoms with Gasteiger partial charge < -0.3 is 10.1 Å². The fourth-order valence-electron chi connectivity index (χ4n) is 2.89. The van der Waals surface area contributed by atoms with Gasteiger partial charge in [0.25, 0.3) is 0 Å². The Morgan fingerprint density at radius 1 is 1.28 bits per heavy atom. The highest BCUT2D eigenvalue weighted by molar-refractivity contribution is 7.98. The highest BCUT2D eigenvalue weighted by atomic mass is 32.2. The molecule has 1 fully saturated rings. The van der Waals surface area contributed by atoms with Gasteiger partial charge in [-0.25, -0.2) is 0 Å². The van der Waals surface area contributed by atoms with Gasteiger partial charge in [0.2, 0.25) is 0 Å². The van der Waals surface area contributed by atoms with Crippen molar-refractivity contribution in [2.45, 2.75) is 65.0 Å². The average Bonchev–Trinajstić information content (AvgIpc) is 2.39. The number of nitrogens with one attached hydrogen (secondary N) is 1. The molecule has 3 heteroatoms. The summed E-state index contributed by atoms with van der Waals surface area (Å²) in [6.07, 6.45) is 9.11. The van der Waals surface area contributed by atoms with E-state index in [1.807, 2.05) is 11.8 Å². The Bertz CT molecular complexity index is 225. The summed E-state index contributed by atoms with van der Waals surface area (Å²) in [6, 6.07) is 0.666. The molecule has 0 spiro atoms. The summed E-state index contributed by atoms with van der Waals surface area (Å²) in [4.78, 5) is 0. The van der Waals surface area contributed by atoms with Crippen molar-refractivity contribution in [3.63, 3.8) is 0 Å². The molecule has 0 heterocycles. The molecule has 3 unspecified atom stereocenters. The third-order valence-electron chi connectivity index (χ3n) is 4.53. The summed E-state index contributed by atoms with van der Waals surface area (Å²) in [5.74, 6) is 1.31. The molecular formula is C15H31NOS. The molecule has 1 saturated carbocycles. The Balaban J connectivity index is 2.15. The van der Waals surface area contributed by atoms with E-state index in [0.29, 0.717) is 17.6 Å². The SMILES string of the molecule is CCOC1CC(NCCCCCSC)C1(C)CC. The van der Waals surface area contributed by atoms with E-state index in [2.05, 4.69) is 32.3 Å². The third-order valence-corrected chi connectivity index (χ3v) is 5.22. The predicted molar refractivity (Wildman–Crippen MR) is 82.5 cm³/mol. The molecule has 0 saturated heterocycles. The molecule has 0 aromatic heterocycles. The average molecular weight is 273 g/mol. The third kappa shape index (κ3) is 4.14. The zero-order valence-electron chi connectivity index (χ0n) is 12.6. The summed E-state index contributed by atoms with van der Waals surface area (Å²) in [5, 5.41) is 3.74. The summed E-state index contributed by atoms with van der Waals surface area (Å²) < 4.78 is 5.83. The quantitative estimate of drug-likeness (QED) is 0.613. The van der Waals surface area contributed by atoms with Gasteiger partial charge in [0, 0.05) is 18.1 Å². The summed E-state index contributed by atoms with van der Waals surface area (Å²) in [5.41, 5.74) is 0.356. The maximum absolute atomic E-state index is 5.83. The lowest BCUT2D eigenvalue weighted by Gasteiger charge is -2.53. The fourth-order valence-corrected chi connectivity index (χ4v) is 3.38. The van der Waals surface area contributed by atoms with E-state index in [0.717, 1.165) is 6.61 Å².